The van der Waals surface area contributed by atoms with Crippen LogP contribution in [0, 0.1) is 26.7 Å². The normalized spacial score (nSPS) is 20.5. The van der Waals surface area contributed by atoms with Gasteiger partial charge < -0.3 is 4.90 Å². The standard InChI is InChI=1S/C25H32N2O3S/c1-17-15-19(3)24(20(4)16-17)31(29,30)26-12-10-21(11-13-26)25(28)27-14-9-18(2)22-7-5-6-8-23(22)27/h5-8,15-16,18,21H,9-14H2,1-4H3. The Balaban J connectivity index is 1.49. The van der Waals surface area contributed by atoms with Gasteiger partial charge in [0.25, 0.3) is 0 Å². The molecule has 2 aromatic rings. The molecule has 31 heavy (non-hydrogen) atoms. The van der Waals surface area contributed by atoms with Gasteiger partial charge in [-0.05, 0) is 68.7 Å². The van der Waals surface area contributed by atoms with Gasteiger partial charge in [0.15, 0.2) is 0 Å². The number of rotatable bonds is 3. The first kappa shape index (κ1) is 22.0. The second kappa shape index (κ2) is 8.40. The summed E-state index contributed by atoms with van der Waals surface area (Å²) in [5, 5.41) is 0. The van der Waals surface area contributed by atoms with Crippen LogP contribution in [0.3, 0.4) is 0 Å². The molecule has 0 spiro atoms. The van der Waals surface area contributed by atoms with Crippen molar-refractivity contribution in [3.8, 4) is 0 Å². The van der Waals surface area contributed by atoms with Crippen LogP contribution >= 0.6 is 0 Å². The summed E-state index contributed by atoms with van der Waals surface area (Å²) in [5.74, 6) is 0.459. The summed E-state index contributed by atoms with van der Waals surface area (Å²) >= 11 is 0. The van der Waals surface area contributed by atoms with E-state index in [-0.39, 0.29) is 11.8 Å². The highest BCUT2D eigenvalue weighted by atomic mass is 32.2. The first-order chi connectivity index (χ1) is 14.7. The maximum Gasteiger partial charge on any atom is 0.243 e. The van der Waals surface area contributed by atoms with Gasteiger partial charge in [-0.3, -0.25) is 4.79 Å². The lowest BCUT2D eigenvalue weighted by Crippen LogP contribution is -2.46. The topological polar surface area (TPSA) is 57.7 Å². The summed E-state index contributed by atoms with van der Waals surface area (Å²) in [6.07, 6.45) is 2.09. The Bertz CT molecular complexity index is 1080. The molecule has 2 aliphatic heterocycles. The molecule has 1 fully saturated rings. The number of hydrogen-bond donors (Lipinski definition) is 0. The summed E-state index contributed by atoms with van der Waals surface area (Å²) in [7, 11) is -3.56. The predicted molar refractivity (Wildman–Crippen MR) is 124 cm³/mol. The average molecular weight is 441 g/mol. The molecule has 4 rings (SSSR count). The molecule has 1 amide bonds. The van der Waals surface area contributed by atoms with E-state index in [0.717, 1.165) is 35.3 Å². The lowest BCUT2D eigenvalue weighted by atomic mass is 9.89. The van der Waals surface area contributed by atoms with Gasteiger partial charge in [0.2, 0.25) is 15.9 Å². The van der Waals surface area contributed by atoms with Crippen LogP contribution in [0.1, 0.15) is 54.4 Å². The number of nitrogens with zero attached hydrogens (tertiary/aromatic N) is 2. The monoisotopic (exact) mass is 440 g/mol. The lowest BCUT2D eigenvalue weighted by molar-refractivity contribution is -0.123. The number of fused-ring (bicyclic) bond motifs is 1. The molecular weight excluding hydrogens is 408 g/mol. The second-order valence-electron chi connectivity index (χ2n) is 9.14. The van der Waals surface area contributed by atoms with E-state index >= 15 is 0 Å². The fourth-order valence-corrected chi connectivity index (χ4v) is 7.13. The smallest absolute Gasteiger partial charge is 0.243 e. The molecule has 2 heterocycles. The Morgan fingerprint density at radius 2 is 1.55 bits per heavy atom. The number of benzene rings is 2. The van der Waals surface area contributed by atoms with Crippen LogP contribution in [0.25, 0.3) is 0 Å². The summed E-state index contributed by atoms with van der Waals surface area (Å²) < 4.78 is 28.3. The van der Waals surface area contributed by atoms with Crippen LogP contribution in [0.2, 0.25) is 0 Å². The van der Waals surface area contributed by atoms with Crippen molar-refractivity contribution in [3.63, 3.8) is 0 Å². The van der Waals surface area contributed by atoms with Crippen LogP contribution in [0.5, 0.6) is 0 Å². The van der Waals surface area contributed by atoms with E-state index in [9.17, 15) is 13.2 Å². The Morgan fingerprint density at radius 3 is 2.19 bits per heavy atom. The van der Waals surface area contributed by atoms with Gasteiger partial charge in [-0.1, -0.05) is 42.8 Å². The minimum absolute atomic E-state index is 0.131. The van der Waals surface area contributed by atoms with Crippen LogP contribution in [-0.4, -0.2) is 38.3 Å². The zero-order valence-corrected chi connectivity index (χ0v) is 19.7. The molecule has 0 saturated carbocycles. The number of carbonyl (C=O) groups excluding carboxylic acids is 1. The third-order valence-electron chi connectivity index (χ3n) is 6.82. The predicted octanol–water partition coefficient (Wildman–Crippen LogP) is 4.55. The van der Waals surface area contributed by atoms with Crippen molar-refractivity contribution in [1.29, 1.82) is 0 Å². The van der Waals surface area contributed by atoms with Crippen LogP contribution in [0.4, 0.5) is 5.69 Å². The van der Waals surface area contributed by atoms with Gasteiger partial charge in [-0.25, -0.2) is 8.42 Å². The summed E-state index contributed by atoms with van der Waals surface area (Å²) in [5.41, 5.74) is 4.89. The van der Waals surface area contributed by atoms with Crippen LogP contribution in [-0.2, 0) is 14.8 Å². The molecule has 1 saturated heterocycles. The molecule has 1 unspecified atom stereocenters. The minimum atomic E-state index is -3.56. The van der Waals surface area contributed by atoms with E-state index in [1.165, 1.54) is 5.56 Å². The maximum atomic E-state index is 13.4. The van der Waals surface area contributed by atoms with Gasteiger partial charge in [-0.2, -0.15) is 4.31 Å². The van der Waals surface area contributed by atoms with Crippen LogP contribution < -0.4 is 4.90 Å². The number of anilines is 1. The molecule has 5 nitrogen and oxygen atoms in total. The zero-order valence-electron chi connectivity index (χ0n) is 18.9. The van der Waals surface area contributed by atoms with Crippen molar-refractivity contribution in [2.45, 2.75) is 57.8 Å². The molecule has 6 heteroatoms. The molecule has 2 aliphatic rings. The second-order valence-corrected chi connectivity index (χ2v) is 11.0. The Hall–Kier alpha value is -2.18. The highest BCUT2D eigenvalue weighted by molar-refractivity contribution is 7.89. The first-order valence-electron chi connectivity index (χ1n) is 11.2. The molecule has 2 aromatic carbocycles. The highest BCUT2D eigenvalue weighted by Crippen LogP contribution is 2.37. The zero-order chi connectivity index (χ0) is 22.3. The molecule has 0 bridgehead atoms. The van der Waals surface area contributed by atoms with E-state index in [2.05, 4.69) is 13.0 Å². The van der Waals surface area contributed by atoms with Gasteiger partial charge in [0.1, 0.15) is 0 Å². The molecule has 0 aliphatic carbocycles. The number of para-hydroxylation sites is 1. The van der Waals surface area contributed by atoms with Crippen molar-refractivity contribution >= 4 is 21.6 Å². The number of hydrogen-bond acceptors (Lipinski definition) is 3. The fraction of sp³-hybridized carbons (Fsp3) is 0.480. The molecule has 1 atom stereocenters. The van der Waals surface area contributed by atoms with Crippen molar-refractivity contribution in [1.82, 2.24) is 4.31 Å². The van der Waals surface area contributed by atoms with E-state index in [1.807, 2.05) is 56.0 Å². The fourth-order valence-electron chi connectivity index (χ4n) is 5.24. The largest absolute Gasteiger partial charge is 0.312 e. The van der Waals surface area contributed by atoms with Gasteiger partial charge in [-0.15, -0.1) is 0 Å². The van der Waals surface area contributed by atoms with Gasteiger partial charge in [0.05, 0.1) is 4.90 Å². The number of sulfonamides is 1. The first-order valence-corrected chi connectivity index (χ1v) is 12.6. The average Bonchev–Trinajstić information content (AvgIpc) is 2.73. The number of piperidine rings is 1. The number of carbonyl (C=O) groups is 1. The molecular formula is C25H32N2O3S. The molecule has 0 aromatic heterocycles. The third-order valence-corrected chi connectivity index (χ3v) is 9.02. The van der Waals surface area contributed by atoms with E-state index in [4.69, 9.17) is 0 Å². The van der Waals surface area contributed by atoms with Crippen molar-refractivity contribution in [3.05, 3.63) is 58.7 Å². The maximum absolute atomic E-state index is 13.4. The number of amides is 1. The van der Waals surface area contributed by atoms with Gasteiger partial charge in [0, 0.05) is 31.2 Å². The quantitative estimate of drug-likeness (QED) is 0.703. The minimum Gasteiger partial charge on any atom is -0.312 e. The molecule has 0 N–H and O–H groups in total. The number of aryl methyl sites for hydroxylation is 3. The van der Waals surface area contributed by atoms with Crippen molar-refractivity contribution in [2.24, 2.45) is 5.92 Å². The van der Waals surface area contributed by atoms with Gasteiger partial charge >= 0.3 is 0 Å². The highest BCUT2D eigenvalue weighted by Gasteiger charge is 2.36. The Morgan fingerprint density at radius 1 is 0.935 bits per heavy atom. The van der Waals surface area contributed by atoms with Crippen molar-refractivity contribution in [2.75, 3.05) is 24.5 Å². The molecule has 0 radical (unpaired) electrons. The van der Waals surface area contributed by atoms with Crippen LogP contribution in [0.15, 0.2) is 41.3 Å². The summed E-state index contributed by atoms with van der Waals surface area (Å²) in [4.78, 5) is 15.7. The SMILES string of the molecule is Cc1cc(C)c(S(=O)(=O)N2CCC(C(=O)N3CCC(C)c4ccccc43)CC2)c(C)c1. The van der Waals surface area contributed by atoms with E-state index in [0.29, 0.717) is 36.7 Å². The summed E-state index contributed by atoms with van der Waals surface area (Å²) in [6.45, 7) is 9.41. The lowest BCUT2D eigenvalue weighted by Gasteiger charge is -2.37. The summed E-state index contributed by atoms with van der Waals surface area (Å²) in [6, 6.07) is 12.0. The Kier molecular flexibility index (Phi) is 5.97. The molecule has 166 valence electrons. The van der Waals surface area contributed by atoms with Crippen molar-refractivity contribution < 1.29 is 13.2 Å². The third kappa shape index (κ3) is 4.03. The van der Waals surface area contributed by atoms with E-state index in [1.54, 1.807) is 4.31 Å². The Labute approximate surface area is 186 Å². The van der Waals surface area contributed by atoms with E-state index < -0.39 is 10.0 Å².